The van der Waals surface area contributed by atoms with Gasteiger partial charge in [-0.15, -0.1) is 0 Å². The molecule has 0 bridgehead atoms. The molecule has 1 aromatic rings. The Bertz CT molecular complexity index is 1270. The van der Waals surface area contributed by atoms with Crippen molar-refractivity contribution >= 4 is 23.1 Å². The fourth-order valence-corrected chi connectivity index (χ4v) is 7.03. The molecule has 5 N–H and O–H groups in total. The Hall–Kier alpha value is -2.97. The highest BCUT2D eigenvalue weighted by Gasteiger charge is 2.77. The number of hydrogen-bond donors (Lipinski definition) is 5. The van der Waals surface area contributed by atoms with Crippen LogP contribution in [0.1, 0.15) is 64.2 Å². The number of rotatable bonds is 2. The summed E-state index contributed by atoms with van der Waals surface area (Å²) < 4.78 is 0. The molecule has 8 heteroatoms. The van der Waals surface area contributed by atoms with Crippen molar-refractivity contribution in [2.45, 2.75) is 66.1 Å². The summed E-state index contributed by atoms with van der Waals surface area (Å²) >= 11 is 0. The quantitative estimate of drug-likeness (QED) is 0.402. The maximum atomic E-state index is 14.2. The van der Waals surface area contributed by atoms with Gasteiger partial charge in [-0.2, -0.15) is 0 Å². The van der Waals surface area contributed by atoms with Crippen LogP contribution in [0.3, 0.4) is 0 Å². The van der Waals surface area contributed by atoms with E-state index >= 15 is 0 Å². The summed E-state index contributed by atoms with van der Waals surface area (Å²) in [5, 5.41) is 57.3. The molecule has 188 valence electrons. The molecule has 1 fully saturated rings. The van der Waals surface area contributed by atoms with E-state index < -0.39 is 74.7 Å². The normalized spacial score (nSPS) is 36.8. The van der Waals surface area contributed by atoms with E-state index in [0.717, 1.165) is 6.92 Å². The first kappa shape index (κ1) is 25.1. The van der Waals surface area contributed by atoms with E-state index in [2.05, 4.69) is 0 Å². The number of aryl methyl sites for hydroxylation is 1. The van der Waals surface area contributed by atoms with Crippen LogP contribution in [0.5, 0.6) is 5.75 Å². The van der Waals surface area contributed by atoms with E-state index in [1.54, 1.807) is 46.8 Å². The van der Waals surface area contributed by atoms with Gasteiger partial charge in [-0.3, -0.25) is 14.4 Å². The fourth-order valence-electron chi connectivity index (χ4n) is 7.03. The summed E-state index contributed by atoms with van der Waals surface area (Å²) in [6.45, 7) is 10.7. The third kappa shape index (κ3) is 2.56. The number of Topliss-reactive ketones (excluding diaryl/α,β-unsaturated/α-hetero) is 3. The Morgan fingerprint density at radius 3 is 2.17 bits per heavy atom. The van der Waals surface area contributed by atoms with Gasteiger partial charge < -0.3 is 25.5 Å². The number of allylic oxidation sites excluding steroid dienone is 1. The lowest BCUT2D eigenvalue weighted by molar-refractivity contribution is -0.215. The molecular formula is C27H32O8. The first-order chi connectivity index (χ1) is 16.0. The number of ketones is 3. The van der Waals surface area contributed by atoms with Crippen LogP contribution in [0.4, 0.5) is 0 Å². The van der Waals surface area contributed by atoms with Crippen molar-refractivity contribution in [3.05, 3.63) is 45.7 Å². The molecule has 3 aliphatic rings. The number of hydrogen-bond acceptors (Lipinski definition) is 8. The smallest absolute Gasteiger partial charge is 0.203 e. The topological polar surface area (TPSA) is 152 Å². The number of aliphatic hydroxyl groups excluding tert-OH is 3. The SMILES string of the molecule is CC(=O)C1=C(O)[C@]2(O)C(=O)C3=C(O)c4c(ccc(C)c4O)[C@@H](C)[C@]3(C)[C@@H](O)[C@]2(C)C(C(C)C)C1=O. The molecule has 0 heterocycles. The first-order valence-electron chi connectivity index (χ1n) is 11.7. The maximum Gasteiger partial charge on any atom is 0.203 e. The van der Waals surface area contributed by atoms with Crippen LogP contribution in [0.25, 0.3) is 5.76 Å². The molecule has 0 spiro atoms. The molecule has 0 saturated heterocycles. The molecule has 1 saturated carbocycles. The van der Waals surface area contributed by atoms with Crippen molar-refractivity contribution in [2.24, 2.45) is 22.7 Å². The summed E-state index contributed by atoms with van der Waals surface area (Å²) in [4.78, 5) is 40.1. The van der Waals surface area contributed by atoms with Gasteiger partial charge in [-0.25, -0.2) is 0 Å². The molecule has 35 heavy (non-hydrogen) atoms. The van der Waals surface area contributed by atoms with Crippen molar-refractivity contribution in [2.75, 3.05) is 0 Å². The number of phenols is 1. The van der Waals surface area contributed by atoms with Crippen LogP contribution in [-0.4, -0.2) is 54.6 Å². The van der Waals surface area contributed by atoms with E-state index in [4.69, 9.17) is 0 Å². The zero-order valence-corrected chi connectivity index (χ0v) is 20.9. The second-order valence-electron chi connectivity index (χ2n) is 11.0. The van der Waals surface area contributed by atoms with Crippen LogP contribution < -0.4 is 0 Å². The fraction of sp³-hybridized carbons (Fsp3) is 0.519. The van der Waals surface area contributed by atoms with Crippen LogP contribution >= 0.6 is 0 Å². The molecule has 8 nitrogen and oxygen atoms in total. The lowest BCUT2D eigenvalue weighted by atomic mass is 9.40. The Labute approximate surface area is 203 Å². The molecule has 1 unspecified atom stereocenters. The standard InChI is InChI=1S/C27H32O8/c1-10(2)17-20(30)15(13(5)28)22(32)27(35)23(33)18-21(31)16-14(9-8-11(3)19(16)29)12(4)25(18,6)24(34)26(17,27)7/h8-10,12,17,24,29,31-32,34-35H,1-7H3/t12-,17?,24-,25+,26+,27+/m1/s1. The third-order valence-corrected chi connectivity index (χ3v) is 9.03. The highest BCUT2D eigenvalue weighted by Crippen LogP contribution is 2.67. The van der Waals surface area contributed by atoms with Crippen LogP contribution in [0.15, 0.2) is 29.0 Å². The lowest BCUT2D eigenvalue weighted by Gasteiger charge is -2.63. The van der Waals surface area contributed by atoms with Gasteiger partial charge in [0.15, 0.2) is 17.2 Å². The minimum Gasteiger partial charge on any atom is -0.508 e. The van der Waals surface area contributed by atoms with Gasteiger partial charge in [0.25, 0.3) is 0 Å². The average molecular weight is 485 g/mol. The van der Waals surface area contributed by atoms with Crippen LogP contribution in [0.2, 0.25) is 0 Å². The number of aromatic hydroxyl groups is 1. The average Bonchev–Trinajstić information content (AvgIpc) is 2.75. The van der Waals surface area contributed by atoms with Gasteiger partial charge in [0.1, 0.15) is 22.8 Å². The van der Waals surface area contributed by atoms with Gasteiger partial charge in [-0.05, 0) is 36.8 Å². The lowest BCUT2D eigenvalue weighted by Crippen LogP contribution is -2.75. The zero-order chi connectivity index (χ0) is 26.6. The molecule has 0 amide bonds. The van der Waals surface area contributed by atoms with Gasteiger partial charge in [-0.1, -0.05) is 46.8 Å². The van der Waals surface area contributed by atoms with Gasteiger partial charge in [0.05, 0.1) is 17.2 Å². The highest BCUT2D eigenvalue weighted by molar-refractivity contribution is 6.24. The molecule has 4 rings (SSSR count). The number of carbonyl (C=O) groups excluding carboxylic acids is 3. The molecule has 0 aromatic heterocycles. The number of carbonyl (C=O) groups is 3. The Balaban J connectivity index is 2.19. The largest absolute Gasteiger partial charge is 0.508 e. The number of aliphatic hydroxyl groups is 4. The molecule has 3 aliphatic carbocycles. The van der Waals surface area contributed by atoms with Crippen LogP contribution in [-0.2, 0) is 14.4 Å². The Kier molecular flexibility index (Phi) is 5.22. The second-order valence-corrected chi connectivity index (χ2v) is 11.0. The number of fused-ring (bicyclic) bond motifs is 3. The minimum absolute atomic E-state index is 0.0142. The summed E-state index contributed by atoms with van der Waals surface area (Å²) in [7, 11) is 0. The molecule has 0 aliphatic heterocycles. The predicted octanol–water partition coefficient (Wildman–Crippen LogP) is 3.03. The third-order valence-electron chi connectivity index (χ3n) is 9.03. The summed E-state index contributed by atoms with van der Waals surface area (Å²) in [6.07, 6.45) is -1.62. The number of benzene rings is 1. The summed E-state index contributed by atoms with van der Waals surface area (Å²) in [5.41, 5.74) is -6.40. The zero-order valence-electron chi connectivity index (χ0n) is 20.9. The molecular weight excluding hydrogens is 452 g/mol. The van der Waals surface area contributed by atoms with Crippen LogP contribution in [0, 0.1) is 29.6 Å². The second kappa shape index (κ2) is 7.27. The van der Waals surface area contributed by atoms with E-state index in [-0.39, 0.29) is 16.9 Å². The van der Waals surface area contributed by atoms with Gasteiger partial charge in [0.2, 0.25) is 5.78 Å². The minimum atomic E-state index is -2.87. The summed E-state index contributed by atoms with van der Waals surface area (Å²) in [6, 6.07) is 3.36. The highest BCUT2D eigenvalue weighted by atomic mass is 16.4. The van der Waals surface area contributed by atoms with Crippen molar-refractivity contribution in [3.63, 3.8) is 0 Å². The summed E-state index contributed by atoms with van der Waals surface area (Å²) in [5.74, 6) is -7.02. The van der Waals surface area contributed by atoms with Crippen molar-refractivity contribution in [3.8, 4) is 5.75 Å². The van der Waals surface area contributed by atoms with Crippen molar-refractivity contribution in [1.82, 2.24) is 0 Å². The Morgan fingerprint density at radius 1 is 1.09 bits per heavy atom. The van der Waals surface area contributed by atoms with E-state index in [1.165, 1.54) is 6.92 Å². The van der Waals surface area contributed by atoms with Crippen molar-refractivity contribution < 1.29 is 39.9 Å². The monoisotopic (exact) mass is 484 g/mol. The number of phenolic OH excluding ortho intramolecular Hbond substituents is 1. The molecule has 6 atom stereocenters. The van der Waals surface area contributed by atoms with Crippen molar-refractivity contribution in [1.29, 1.82) is 0 Å². The van der Waals surface area contributed by atoms with Gasteiger partial charge >= 0.3 is 0 Å². The van der Waals surface area contributed by atoms with E-state index in [9.17, 15) is 39.9 Å². The van der Waals surface area contributed by atoms with Gasteiger partial charge in [0, 0.05) is 16.7 Å². The molecule has 0 radical (unpaired) electrons. The van der Waals surface area contributed by atoms with E-state index in [0.29, 0.717) is 11.1 Å². The first-order valence-corrected chi connectivity index (χ1v) is 11.7. The molecule has 1 aromatic carbocycles. The maximum absolute atomic E-state index is 14.2. The van der Waals surface area contributed by atoms with E-state index in [1.807, 2.05) is 0 Å². The Morgan fingerprint density at radius 2 is 1.66 bits per heavy atom. The predicted molar refractivity (Wildman–Crippen MR) is 127 cm³/mol.